The van der Waals surface area contributed by atoms with Crippen LogP contribution in [0.4, 0.5) is 4.79 Å². The number of alkyl carbamates (subject to hydrolysis) is 1. The van der Waals surface area contributed by atoms with Crippen molar-refractivity contribution in [3.05, 3.63) is 36.0 Å². The molecule has 52 heavy (non-hydrogen) atoms. The maximum Gasteiger partial charge on any atom is 0.407 e. The standard InChI is InChI=1S/C23H42N2O2.C17H32N2O4.C2H6/c1-9-10-11-18(5)19(6)13-17(4)15-25-23(27)20(7)14-22(26)21(24-8)12-16(2)3;1-7-9-13(11-20)18-15(21)10-14(12(3)8-2)19-16(22)23-17(4,5)6;1-2/h9-11,16-17,20-22,24,26H,1,12-15H2,2-8H3,(H,25,27);11-14H,7-10H2,1-6H3,(H,18,21)(H,19,22);1-2H3/b11-10-,19-18+;;/t17?,20?,21-,22?;12?,13?,14-;/m01./s1. The molecule has 0 aromatic heterocycles. The van der Waals surface area contributed by atoms with Crippen LogP contribution in [0.5, 0.6) is 0 Å². The molecule has 5 unspecified atom stereocenters. The van der Waals surface area contributed by atoms with Crippen molar-refractivity contribution in [3.8, 4) is 0 Å². The zero-order valence-electron chi connectivity index (χ0n) is 35.8. The molecule has 3 amide bonds. The van der Waals surface area contributed by atoms with Gasteiger partial charge < -0.3 is 35.9 Å². The van der Waals surface area contributed by atoms with Crippen LogP contribution in [0.2, 0.25) is 0 Å². The molecular weight excluding hydrogens is 656 g/mol. The Kier molecular flexibility index (Phi) is 31.3. The molecule has 0 fully saturated rings. The minimum Gasteiger partial charge on any atom is -0.444 e. The van der Waals surface area contributed by atoms with E-state index in [2.05, 4.69) is 68.5 Å². The number of rotatable bonds is 22. The molecule has 0 spiro atoms. The smallest absolute Gasteiger partial charge is 0.407 e. The number of hydrogen-bond acceptors (Lipinski definition) is 7. The third-order valence-corrected chi connectivity index (χ3v) is 8.59. The maximum absolute atomic E-state index is 12.4. The number of aliphatic hydroxyl groups is 1. The Morgan fingerprint density at radius 3 is 1.98 bits per heavy atom. The highest BCUT2D eigenvalue weighted by Crippen LogP contribution is 2.18. The van der Waals surface area contributed by atoms with Gasteiger partial charge in [0.05, 0.1) is 12.1 Å². The van der Waals surface area contributed by atoms with Crippen LogP contribution < -0.4 is 21.3 Å². The van der Waals surface area contributed by atoms with E-state index in [1.165, 1.54) is 11.1 Å². The Morgan fingerprint density at radius 2 is 1.52 bits per heavy atom. The van der Waals surface area contributed by atoms with Gasteiger partial charge in [-0.05, 0) is 85.1 Å². The van der Waals surface area contributed by atoms with Gasteiger partial charge in [0.15, 0.2) is 0 Å². The highest BCUT2D eigenvalue weighted by atomic mass is 16.6. The fourth-order valence-corrected chi connectivity index (χ4v) is 5.26. The monoisotopic (exact) mass is 737 g/mol. The number of likely N-dealkylation sites (N-methyl/N-ethyl adjacent to an activating group) is 1. The molecule has 10 heteroatoms. The van der Waals surface area contributed by atoms with Gasteiger partial charge in [-0.15, -0.1) is 0 Å². The first-order valence-electron chi connectivity index (χ1n) is 19.6. The van der Waals surface area contributed by atoms with Gasteiger partial charge in [0.1, 0.15) is 11.9 Å². The van der Waals surface area contributed by atoms with Crippen molar-refractivity contribution in [1.82, 2.24) is 21.3 Å². The van der Waals surface area contributed by atoms with Crippen molar-refractivity contribution in [2.45, 2.75) is 172 Å². The lowest BCUT2D eigenvalue weighted by Crippen LogP contribution is -2.46. The van der Waals surface area contributed by atoms with Gasteiger partial charge >= 0.3 is 6.09 Å². The predicted octanol–water partition coefficient (Wildman–Crippen LogP) is 8.05. The summed E-state index contributed by atoms with van der Waals surface area (Å²) in [5.74, 6) is 0.563. The number of nitrogens with one attached hydrogen (secondary N) is 4. The van der Waals surface area contributed by atoms with Crippen molar-refractivity contribution in [2.75, 3.05) is 13.6 Å². The molecule has 0 saturated carbocycles. The van der Waals surface area contributed by atoms with Crippen molar-refractivity contribution in [3.63, 3.8) is 0 Å². The fourth-order valence-electron chi connectivity index (χ4n) is 5.26. The Labute approximate surface area is 318 Å². The van der Waals surface area contributed by atoms with Gasteiger partial charge in [-0.1, -0.05) is 111 Å². The Morgan fingerprint density at radius 1 is 0.923 bits per heavy atom. The van der Waals surface area contributed by atoms with E-state index in [1.807, 2.05) is 54.7 Å². The number of hydrogen-bond donors (Lipinski definition) is 5. The zero-order chi connectivity index (χ0) is 41.0. The van der Waals surface area contributed by atoms with Crippen LogP contribution >= 0.6 is 0 Å². The van der Waals surface area contributed by atoms with E-state index in [4.69, 9.17) is 4.74 Å². The molecule has 7 atom stereocenters. The quantitative estimate of drug-likeness (QED) is 0.0559. The fraction of sp³-hybridized carbons (Fsp3) is 0.762. The van der Waals surface area contributed by atoms with Crippen LogP contribution in [-0.4, -0.2) is 72.7 Å². The second-order valence-electron chi connectivity index (χ2n) is 15.3. The number of carbonyl (C=O) groups excluding carboxylic acids is 4. The van der Waals surface area contributed by atoms with E-state index in [0.29, 0.717) is 31.2 Å². The molecule has 0 aliphatic rings. The van der Waals surface area contributed by atoms with Gasteiger partial charge in [0, 0.05) is 31.0 Å². The van der Waals surface area contributed by atoms with Gasteiger partial charge in [-0.2, -0.15) is 0 Å². The van der Waals surface area contributed by atoms with Gasteiger partial charge in [0.25, 0.3) is 0 Å². The Hall–Kier alpha value is -2.98. The molecule has 0 aliphatic heterocycles. The van der Waals surface area contributed by atoms with E-state index < -0.39 is 23.8 Å². The molecule has 0 radical (unpaired) electrons. The van der Waals surface area contributed by atoms with Crippen molar-refractivity contribution in [1.29, 1.82) is 0 Å². The first kappa shape index (κ1) is 53.4. The minimum absolute atomic E-state index is 0.0187. The summed E-state index contributed by atoms with van der Waals surface area (Å²) >= 11 is 0. The average Bonchev–Trinajstić information content (AvgIpc) is 3.07. The Balaban J connectivity index is -0.000000891. The van der Waals surface area contributed by atoms with Crippen LogP contribution in [0, 0.1) is 23.7 Å². The Bertz CT molecular complexity index is 1070. The molecule has 0 aromatic rings. The molecule has 304 valence electrons. The zero-order valence-corrected chi connectivity index (χ0v) is 35.8. The number of amides is 3. The van der Waals surface area contributed by atoms with E-state index in [9.17, 15) is 24.3 Å². The molecule has 0 aliphatic carbocycles. The average molecular weight is 737 g/mol. The molecule has 5 N–H and O–H groups in total. The van der Waals surface area contributed by atoms with Crippen molar-refractivity contribution >= 4 is 24.2 Å². The highest BCUT2D eigenvalue weighted by Gasteiger charge is 2.26. The van der Waals surface area contributed by atoms with Gasteiger partial charge in [0.2, 0.25) is 11.8 Å². The SMILES string of the molecule is C=C/C=C\C(C)=C(/C)CC(C)CNC(=O)C(C)CC(O)[C@H](CC(C)C)NC.CC.CCCC(C=O)NC(=O)C[C@@H](NC(=O)OC(C)(C)C)C(C)CC. The number of ether oxygens (including phenoxy) is 1. The topological polar surface area (TPSA) is 146 Å². The molecule has 0 aromatic carbocycles. The number of allylic oxidation sites excluding steroid dienone is 5. The molecular formula is C42H80N4O6. The van der Waals surface area contributed by atoms with Crippen LogP contribution in [0.15, 0.2) is 36.0 Å². The van der Waals surface area contributed by atoms with Gasteiger partial charge in [-0.25, -0.2) is 4.79 Å². The lowest BCUT2D eigenvalue weighted by atomic mass is 9.92. The van der Waals surface area contributed by atoms with E-state index in [-0.39, 0.29) is 42.2 Å². The summed E-state index contributed by atoms with van der Waals surface area (Å²) in [6, 6.07) is -0.769. The summed E-state index contributed by atoms with van der Waals surface area (Å²) < 4.78 is 5.25. The number of aldehydes is 1. The minimum atomic E-state index is -0.587. The first-order valence-corrected chi connectivity index (χ1v) is 19.6. The normalized spacial score (nSPS) is 15.9. The van der Waals surface area contributed by atoms with Crippen LogP contribution in [0.1, 0.15) is 142 Å². The number of aliphatic hydroxyl groups excluding tert-OH is 1. The van der Waals surface area contributed by atoms with Crippen molar-refractivity contribution < 1.29 is 29.0 Å². The van der Waals surface area contributed by atoms with Crippen LogP contribution in [0.25, 0.3) is 0 Å². The lowest BCUT2D eigenvalue weighted by molar-refractivity contribution is -0.126. The summed E-state index contributed by atoms with van der Waals surface area (Å²) in [5, 5.41) is 22.1. The third-order valence-electron chi connectivity index (χ3n) is 8.59. The second-order valence-corrected chi connectivity index (χ2v) is 15.3. The summed E-state index contributed by atoms with van der Waals surface area (Å²) in [7, 11) is 1.87. The third kappa shape index (κ3) is 27.6. The first-order chi connectivity index (χ1) is 24.2. The summed E-state index contributed by atoms with van der Waals surface area (Å²) in [6.07, 6.45) is 10.2. The molecule has 0 rings (SSSR count). The summed E-state index contributed by atoms with van der Waals surface area (Å²) in [6.45, 7) is 32.2. The van der Waals surface area contributed by atoms with Crippen LogP contribution in [-0.2, 0) is 19.1 Å². The maximum atomic E-state index is 12.4. The lowest BCUT2D eigenvalue weighted by Gasteiger charge is -2.27. The summed E-state index contributed by atoms with van der Waals surface area (Å²) in [4.78, 5) is 47.4. The van der Waals surface area contributed by atoms with Crippen molar-refractivity contribution in [2.24, 2.45) is 23.7 Å². The van der Waals surface area contributed by atoms with E-state index in [1.54, 1.807) is 26.8 Å². The molecule has 10 nitrogen and oxygen atoms in total. The second kappa shape index (κ2) is 30.5. The molecule has 0 saturated heterocycles. The highest BCUT2D eigenvalue weighted by molar-refractivity contribution is 5.81. The number of carbonyl (C=O) groups is 4. The van der Waals surface area contributed by atoms with E-state index in [0.717, 1.165) is 32.0 Å². The largest absolute Gasteiger partial charge is 0.444 e. The molecule has 0 bridgehead atoms. The van der Waals surface area contributed by atoms with Crippen LogP contribution in [0.3, 0.4) is 0 Å². The van der Waals surface area contributed by atoms with E-state index >= 15 is 0 Å². The molecule has 0 heterocycles. The summed E-state index contributed by atoms with van der Waals surface area (Å²) in [5.41, 5.74) is 1.98. The van der Waals surface area contributed by atoms with Gasteiger partial charge in [-0.3, -0.25) is 9.59 Å². The predicted molar refractivity (Wildman–Crippen MR) is 218 cm³/mol.